The molecule has 7 nitrogen and oxygen atoms in total. The van der Waals surface area contributed by atoms with E-state index in [0.717, 1.165) is 12.8 Å². The number of nitrogens with zero attached hydrogens (tertiary/aromatic N) is 1. The number of amides is 2. The number of carbonyl (C=O) groups excluding carboxylic acids is 2. The molecule has 106 valence electrons. The predicted octanol–water partition coefficient (Wildman–Crippen LogP) is 0.404. The topological polar surface area (TPSA) is 89.0 Å². The molecule has 1 saturated heterocycles. The van der Waals surface area contributed by atoms with Crippen LogP contribution in [0.2, 0.25) is 0 Å². The predicted molar refractivity (Wildman–Crippen MR) is 67.7 cm³/mol. The van der Waals surface area contributed by atoms with E-state index in [9.17, 15) is 9.59 Å². The molecule has 19 heavy (non-hydrogen) atoms. The summed E-state index contributed by atoms with van der Waals surface area (Å²) in [5.74, 6) is 0.392. The normalized spacial score (nSPS) is 24.4. The fourth-order valence-corrected chi connectivity index (χ4v) is 2.32. The van der Waals surface area contributed by atoms with Crippen LogP contribution >= 0.6 is 0 Å². The molecule has 0 saturated carbocycles. The van der Waals surface area contributed by atoms with E-state index < -0.39 is 6.09 Å². The Bertz CT molecular complexity index is 377. The molecular formula is C12H19N3O4. The molecule has 2 amide bonds. The summed E-state index contributed by atoms with van der Waals surface area (Å²) in [6.45, 7) is 3.40. The van der Waals surface area contributed by atoms with E-state index in [1.54, 1.807) is 6.92 Å². The van der Waals surface area contributed by atoms with Crippen molar-refractivity contribution in [2.75, 3.05) is 19.8 Å². The molecule has 1 fully saturated rings. The number of rotatable bonds is 2. The monoisotopic (exact) mass is 269 g/mol. The third kappa shape index (κ3) is 3.92. The van der Waals surface area contributed by atoms with Crippen LogP contribution in [0.25, 0.3) is 0 Å². The fourth-order valence-electron chi connectivity index (χ4n) is 2.32. The first-order valence-corrected chi connectivity index (χ1v) is 6.58. The zero-order valence-corrected chi connectivity index (χ0v) is 11.0. The molecule has 2 N–H and O–H groups in total. The van der Waals surface area contributed by atoms with Crippen LogP contribution in [0.3, 0.4) is 0 Å². The van der Waals surface area contributed by atoms with Crippen molar-refractivity contribution < 1.29 is 19.1 Å². The average molecular weight is 269 g/mol. The highest BCUT2D eigenvalue weighted by atomic mass is 16.5. The standard InChI is InChI=1S/C12H19N3O4/c1-2-19-12(17)15-11-13-9(7-10(16)14-11)8-3-5-18-6-4-8/h8-9H,2-7H2,1H3,(H2,13,14,15,16,17). The minimum absolute atomic E-state index is 0.0884. The Hall–Kier alpha value is -1.63. The molecule has 0 aromatic carbocycles. The molecule has 1 atom stereocenters. The second-order valence-electron chi connectivity index (χ2n) is 4.59. The van der Waals surface area contributed by atoms with Gasteiger partial charge >= 0.3 is 6.09 Å². The highest BCUT2D eigenvalue weighted by molar-refractivity contribution is 6.04. The van der Waals surface area contributed by atoms with Crippen molar-refractivity contribution in [2.24, 2.45) is 10.9 Å². The SMILES string of the molecule is CCOC(=O)NC1=NC(C2CCOCC2)CC(=O)N1. The molecule has 0 aromatic heterocycles. The zero-order valence-electron chi connectivity index (χ0n) is 11.0. The van der Waals surface area contributed by atoms with Gasteiger partial charge in [-0.25, -0.2) is 9.79 Å². The van der Waals surface area contributed by atoms with E-state index in [2.05, 4.69) is 15.6 Å². The Kier molecular flexibility index (Phi) is 4.73. The Morgan fingerprint density at radius 1 is 1.53 bits per heavy atom. The van der Waals surface area contributed by atoms with Crippen molar-refractivity contribution in [3.63, 3.8) is 0 Å². The third-order valence-corrected chi connectivity index (χ3v) is 3.25. The summed E-state index contributed by atoms with van der Waals surface area (Å²) < 4.78 is 10.1. The van der Waals surface area contributed by atoms with Gasteiger partial charge in [0.1, 0.15) is 0 Å². The van der Waals surface area contributed by atoms with Crippen LogP contribution in [-0.4, -0.2) is 43.8 Å². The van der Waals surface area contributed by atoms with Gasteiger partial charge in [0.05, 0.1) is 12.6 Å². The van der Waals surface area contributed by atoms with Crippen molar-refractivity contribution in [1.29, 1.82) is 0 Å². The molecule has 0 radical (unpaired) electrons. The van der Waals surface area contributed by atoms with Crippen LogP contribution in [0.4, 0.5) is 4.79 Å². The first kappa shape index (κ1) is 13.8. The van der Waals surface area contributed by atoms with Crippen molar-refractivity contribution in [3.05, 3.63) is 0 Å². The van der Waals surface area contributed by atoms with E-state index in [1.807, 2.05) is 0 Å². The first-order valence-electron chi connectivity index (χ1n) is 6.58. The molecule has 0 spiro atoms. The highest BCUT2D eigenvalue weighted by Gasteiger charge is 2.30. The van der Waals surface area contributed by atoms with Gasteiger partial charge in [-0.15, -0.1) is 0 Å². The van der Waals surface area contributed by atoms with Gasteiger partial charge in [-0.1, -0.05) is 0 Å². The summed E-state index contributed by atoms with van der Waals surface area (Å²) in [5.41, 5.74) is 0. The van der Waals surface area contributed by atoms with E-state index >= 15 is 0 Å². The van der Waals surface area contributed by atoms with Crippen LogP contribution < -0.4 is 10.6 Å². The van der Waals surface area contributed by atoms with Crippen LogP contribution in [0, 0.1) is 5.92 Å². The molecule has 2 heterocycles. The average Bonchev–Trinajstić information content (AvgIpc) is 2.39. The smallest absolute Gasteiger partial charge is 0.413 e. The Labute approximate surface area is 111 Å². The number of alkyl carbamates (subject to hydrolysis) is 1. The third-order valence-electron chi connectivity index (χ3n) is 3.25. The number of carbonyl (C=O) groups is 2. The van der Waals surface area contributed by atoms with Crippen LogP contribution in [0.1, 0.15) is 26.2 Å². The van der Waals surface area contributed by atoms with Crippen LogP contribution in [0.5, 0.6) is 0 Å². The van der Waals surface area contributed by atoms with Crippen molar-refractivity contribution in [2.45, 2.75) is 32.2 Å². The van der Waals surface area contributed by atoms with Gasteiger partial charge in [0.2, 0.25) is 11.9 Å². The Morgan fingerprint density at radius 3 is 2.95 bits per heavy atom. The molecule has 0 aromatic rings. The molecule has 2 rings (SSSR count). The summed E-state index contributed by atoms with van der Waals surface area (Å²) in [5, 5.41) is 4.99. The van der Waals surface area contributed by atoms with E-state index in [-0.39, 0.29) is 24.5 Å². The van der Waals surface area contributed by atoms with Gasteiger partial charge in [-0.3, -0.25) is 15.4 Å². The molecule has 0 aliphatic carbocycles. The van der Waals surface area contributed by atoms with Gasteiger partial charge in [-0.05, 0) is 25.7 Å². The van der Waals surface area contributed by atoms with Crippen LogP contribution in [0.15, 0.2) is 4.99 Å². The van der Waals surface area contributed by atoms with Gasteiger partial charge in [0, 0.05) is 19.6 Å². The zero-order chi connectivity index (χ0) is 13.7. The highest BCUT2D eigenvalue weighted by Crippen LogP contribution is 2.24. The minimum atomic E-state index is -0.603. The molecule has 2 aliphatic heterocycles. The van der Waals surface area contributed by atoms with Crippen molar-refractivity contribution in [3.8, 4) is 0 Å². The molecule has 1 unspecified atom stereocenters. The van der Waals surface area contributed by atoms with E-state index in [0.29, 0.717) is 25.6 Å². The lowest BCUT2D eigenvalue weighted by atomic mass is 9.89. The quantitative estimate of drug-likeness (QED) is 0.759. The minimum Gasteiger partial charge on any atom is -0.450 e. The lowest BCUT2D eigenvalue weighted by molar-refractivity contribution is -0.121. The maximum atomic E-state index is 11.7. The van der Waals surface area contributed by atoms with Crippen molar-refractivity contribution in [1.82, 2.24) is 10.6 Å². The molecule has 0 bridgehead atoms. The fraction of sp³-hybridized carbons (Fsp3) is 0.750. The lowest BCUT2D eigenvalue weighted by Gasteiger charge is -2.30. The Morgan fingerprint density at radius 2 is 2.26 bits per heavy atom. The molecular weight excluding hydrogens is 250 g/mol. The first-order chi connectivity index (χ1) is 9.19. The number of guanidine groups is 1. The van der Waals surface area contributed by atoms with Gasteiger partial charge < -0.3 is 9.47 Å². The van der Waals surface area contributed by atoms with Gasteiger partial charge in [0.25, 0.3) is 0 Å². The summed E-state index contributed by atoms with van der Waals surface area (Å²) in [6, 6.07) is -0.0884. The summed E-state index contributed by atoms with van der Waals surface area (Å²) in [4.78, 5) is 27.4. The molecule has 2 aliphatic rings. The summed E-state index contributed by atoms with van der Waals surface area (Å²) in [6.07, 6.45) is 1.55. The number of aliphatic imine (C=N–C) groups is 1. The lowest BCUT2D eigenvalue weighted by Crippen LogP contribution is -2.50. The van der Waals surface area contributed by atoms with Crippen LogP contribution in [-0.2, 0) is 14.3 Å². The maximum Gasteiger partial charge on any atom is 0.413 e. The van der Waals surface area contributed by atoms with Gasteiger partial charge in [-0.2, -0.15) is 0 Å². The number of hydrogen-bond acceptors (Lipinski definition) is 5. The van der Waals surface area contributed by atoms with Gasteiger partial charge in [0.15, 0.2) is 0 Å². The Balaban J connectivity index is 1.99. The summed E-state index contributed by atoms with van der Waals surface area (Å²) >= 11 is 0. The van der Waals surface area contributed by atoms with Crippen molar-refractivity contribution >= 4 is 18.0 Å². The summed E-state index contributed by atoms with van der Waals surface area (Å²) in [7, 11) is 0. The second kappa shape index (κ2) is 6.51. The largest absolute Gasteiger partial charge is 0.450 e. The number of hydrogen-bond donors (Lipinski definition) is 2. The van der Waals surface area contributed by atoms with E-state index in [4.69, 9.17) is 9.47 Å². The number of ether oxygens (including phenoxy) is 2. The van der Waals surface area contributed by atoms with E-state index in [1.165, 1.54) is 0 Å². The maximum absolute atomic E-state index is 11.7. The second-order valence-corrected chi connectivity index (χ2v) is 4.59. The molecule has 7 heteroatoms. The number of nitrogens with one attached hydrogen (secondary N) is 2.